The standard InChI is InChI=1S/C10H9IO2/c1-10(12-5-6-13-10)8-3-2-4-9(11)7-8/h2-7H,1H3. The summed E-state index contributed by atoms with van der Waals surface area (Å²) in [6.07, 6.45) is 3.14. The Hall–Kier alpha value is -0.710. The molecule has 0 radical (unpaired) electrons. The predicted octanol–water partition coefficient (Wildman–Crippen LogP) is 2.98. The average molecular weight is 288 g/mol. The molecule has 13 heavy (non-hydrogen) atoms. The Bertz CT molecular complexity index is 339. The van der Waals surface area contributed by atoms with E-state index in [4.69, 9.17) is 9.47 Å². The lowest BCUT2D eigenvalue weighted by Gasteiger charge is -2.23. The lowest BCUT2D eigenvalue weighted by atomic mass is 10.1. The van der Waals surface area contributed by atoms with Crippen LogP contribution < -0.4 is 0 Å². The number of ether oxygens (including phenoxy) is 2. The second-order valence-electron chi connectivity index (χ2n) is 2.96. The van der Waals surface area contributed by atoms with E-state index >= 15 is 0 Å². The monoisotopic (exact) mass is 288 g/mol. The number of rotatable bonds is 1. The van der Waals surface area contributed by atoms with Crippen LogP contribution in [0.1, 0.15) is 12.5 Å². The van der Waals surface area contributed by atoms with Gasteiger partial charge in [0.25, 0.3) is 5.79 Å². The summed E-state index contributed by atoms with van der Waals surface area (Å²) < 4.78 is 11.9. The highest BCUT2D eigenvalue weighted by Gasteiger charge is 2.31. The van der Waals surface area contributed by atoms with E-state index in [1.807, 2.05) is 31.2 Å². The molecule has 1 aromatic rings. The van der Waals surface area contributed by atoms with E-state index in [2.05, 4.69) is 22.6 Å². The normalized spacial score (nSPS) is 18.0. The van der Waals surface area contributed by atoms with Crippen molar-refractivity contribution in [1.29, 1.82) is 0 Å². The van der Waals surface area contributed by atoms with Gasteiger partial charge in [-0.3, -0.25) is 0 Å². The van der Waals surface area contributed by atoms with Crippen molar-refractivity contribution in [1.82, 2.24) is 0 Å². The van der Waals surface area contributed by atoms with Crippen molar-refractivity contribution in [2.75, 3.05) is 0 Å². The predicted molar refractivity (Wildman–Crippen MR) is 57.8 cm³/mol. The van der Waals surface area contributed by atoms with Crippen molar-refractivity contribution < 1.29 is 9.47 Å². The Labute approximate surface area is 90.7 Å². The van der Waals surface area contributed by atoms with Crippen molar-refractivity contribution >= 4 is 22.6 Å². The van der Waals surface area contributed by atoms with Crippen molar-refractivity contribution in [3.05, 3.63) is 45.9 Å². The summed E-state index contributed by atoms with van der Waals surface area (Å²) in [6, 6.07) is 8.08. The first kappa shape index (κ1) is 8.87. The summed E-state index contributed by atoms with van der Waals surface area (Å²) in [5.41, 5.74) is 1.03. The van der Waals surface area contributed by atoms with Crippen molar-refractivity contribution in [3.63, 3.8) is 0 Å². The quantitative estimate of drug-likeness (QED) is 0.740. The van der Waals surface area contributed by atoms with Crippen LogP contribution in [0.25, 0.3) is 0 Å². The molecule has 0 fully saturated rings. The maximum Gasteiger partial charge on any atom is 0.273 e. The van der Waals surface area contributed by atoms with E-state index in [1.165, 1.54) is 3.57 Å². The molecule has 0 saturated heterocycles. The Morgan fingerprint density at radius 2 is 1.92 bits per heavy atom. The van der Waals surface area contributed by atoms with Crippen LogP contribution in [0.15, 0.2) is 36.8 Å². The summed E-state index contributed by atoms with van der Waals surface area (Å²) in [6.45, 7) is 1.90. The summed E-state index contributed by atoms with van der Waals surface area (Å²) in [7, 11) is 0. The second kappa shape index (κ2) is 3.21. The van der Waals surface area contributed by atoms with Crippen LogP contribution >= 0.6 is 22.6 Å². The first-order valence-electron chi connectivity index (χ1n) is 3.97. The van der Waals surface area contributed by atoms with Gasteiger partial charge in [-0.2, -0.15) is 0 Å². The van der Waals surface area contributed by atoms with Crippen molar-refractivity contribution in [3.8, 4) is 0 Å². The van der Waals surface area contributed by atoms with Gasteiger partial charge < -0.3 is 9.47 Å². The zero-order chi connectivity index (χ0) is 9.31. The Kier molecular flexibility index (Phi) is 2.19. The molecule has 0 aromatic heterocycles. The molecule has 0 amide bonds. The van der Waals surface area contributed by atoms with E-state index in [0.717, 1.165) is 5.56 Å². The SMILES string of the molecule is CC1(c2cccc(I)c2)OC=CO1. The minimum Gasteiger partial charge on any atom is -0.453 e. The van der Waals surface area contributed by atoms with Crippen LogP contribution in [0.5, 0.6) is 0 Å². The second-order valence-corrected chi connectivity index (χ2v) is 4.21. The molecule has 0 spiro atoms. The lowest BCUT2D eigenvalue weighted by Crippen LogP contribution is -2.22. The smallest absolute Gasteiger partial charge is 0.273 e. The van der Waals surface area contributed by atoms with Crippen LogP contribution in [-0.4, -0.2) is 0 Å². The lowest BCUT2D eigenvalue weighted by molar-refractivity contribution is -0.133. The maximum absolute atomic E-state index is 5.38. The molecule has 0 saturated carbocycles. The molecule has 1 aliphatic rings. The molecule has 3 heteroatoms. The molecule has 1 aliphatic heterocycles. The Morgan fingerprint density at radius 1 is 1.23 bits per heavy atom. The summed E-state index contributed by atoms with van der Waals surface area (Å²) in [5.74, 6) is -0.638. The van der Waals surface area contributed by atoms with Gasteiger partial charge in [0.1, 0.15) is 12.5 Å². The van der Waals surface area contributed by atoms with Gasteiger partial charge in [0.15, 0.2) is 0 Å². The van der Waals surface area contributed by atoms with E-state index < -0.39 is 5.79 Å². The molecule has 68 valence electrons. The zero-order valence-electron chi connectivity index (χ0n) is 7.16. The molecule has 0 aliphatic carbocycles. The van der Waals surface area contributed by atoms with Crippen LogP contribution in [0.2, 0.25) is 0 Å². The van der Waals surface area contributed by atoms with Gasteiger partial charge in [-0.25, -0.2) is 0 Å². The molecule has 2 nitrogen and oxygen atoms in total. The summed E-state index contributed by atoms with van der Waals surface area (Å²) in [5, 5.41) is 0. The van der Waals surface area contributed by atoms with E-state index in [0.29, 0.717) is 0 Å². The fraction of sp³-hybridized carbons (Fsp3) is 0.200. The topological polar surface area (TPSA) is 18.5 Å². The minimum absolute atomic E-state index is 0.638. The largest absolute Gasteiger partial charge is 0.453 e. The van der Waals surface area contributed by atoms with Gasteiger partial charge in [0.05, 0.1) is 0 Å². The van der Waals surface area contributed by atoms with E-state index in [1.54, 1.807) is 12.5 Å². The van der Waals surface area contributed by atoms with Crippen LogP contribution in [0.4, 0.5) is 0 Å². The van der Waals surface area contributed by atoms with Crippen LogP contribution in [-0.2, 0) is 15.3 Å². The highest BCUT2D eigenvalue weighted by atomic mass is 127. The molecular weight excluding hydrogens is 279 g/mol. The molecule has 1 aromatic carbocycles. The fourth-order valence-corrected chi connectivity index (χ4v) is 1.79. The summed E-state index contributed by atoms with van der Waals surface area (Å²) >= 11 is 2.27. The molecule has 2 rings (SSSR count). The Balaban J connectivity index is 2.35. The number of hydrogen-bond acceptors (Lipinski definition) is 2. The van der Waals surface area contributed by atoms with Gasteiger partial charge in [-0.1, -0.05) is 12.1 Å². The number of halogens is 1. The molecule has 0 bridgehead atoms. The Morgan fingerprint density at radius 3 is 2.54 bits per heavy atom. The molecular formula is C10H9IO2. The molecule has 0 unspecified atom stereocenters. The third-order valence-electron chi connectivity index (χ3n) is 1.99. The zero-order valence-corrected chi connectivity index (χ0v) is 9.32. The first-order valence-corrected chi connectivity index (χ1v) is 5.05. The molecule has 0 atom stereocenters. The van der Waals surface area contributed by atoms with Gasteiger partial charge >= 0.3 is 0 Å². The average Bonchev–Trinajstić information content (AvgIpc) is 2.54. The van der Waals surface area contributed by atoms with E-state index in [9.17, 15) is 0 Å². The highest BCUT2D eigenvalue weighted by Crippen LogP contribution is 2.31. The third kappa shape index (κ3) is 1.65. The molecule has 1 heterocycles. The van der Waals surface area contributed by atoms with Gasteiger partial charge in [-0.05, 0) is 34.7 Å². The number of hydrogen-bond donors (Lipinski definition) is 0. The van der Waals surface area contributed by atoms with Crippen LogP contribution in [0, 0.1) is 3.57 Å². The maximum atomic E-state index is 5.38. The van der Waals surface area contributed by atoms with Crippen LogP contribution in [0.3, 0.4) is 0 Å². The fourth-order valence-electron chi connectivity index (χ4n) is 1.25. The molecule has 0 N–H and O–H groups in total. The van der Waals surface area contributed by atoms with Gasteiger partial charge in [0.2, 0.25) is 0 Å². The van der Waals surface area contributed by atoms with Crippen molar-refractivity contribution in [2.45, 2.75) is 12.7 Å². The minimum atomic E-state index is -0.638. The van der Waals surface area contributed by atoms with Gasteiger partial charge in [-0.15, -0.1) is 0 Å². The van der Waals surface area contributed by atoms with Crippen molar-refractivity contribution in [2.24, 2.45) is 0 Å². The number of benzene rings is 1. The summed E-state index contributed by atoms with van der Waals surface area (Å²) in [4.78, 5) is 0. The first-order chi connectivity index (χ1) is 6.21. The highest BCUT2D eigenvalue weighted by molar-refractivity contribution is 14.1. The van der Waals surface area contributed by atoms with E-state index in [-0.39, 0.29) is 0 Å². The third-order valence-corrected chi connectivity index (χ3v) is 2.66. The van der Waals surface area contributed by atoms with Gasteiger partial charge in [0, 0.05) is 16.1 Å².